The first-order valence-corrected chi connectivity index (χ1v) is 11.7. The number of para-hydroxylation sites is 2. The molecule has 3 aromatic rings. The molecule has 0 saturated carbocycles. The fraction of sp³-hybridized carbons (Fsp3) is 0.185. The normalized spacial score (nSPS) is 14.0. The van der Waals surface area contributed by atoms with Crippen molar-refractivity contribution in [1.82, 2.24) is 4.90 Å². The summed E-state index contributed by atoms with van der Waals surface area (Å²) in [5, 5.41) is 10.8. The third kappa shape index (κ3) is 5.72. The van der Waals surface area contributed by atoms with Gasteiger partial charge < -0.3 is 14.5 Å². The molecule has 0 N–H and O–H groups in total. The van der Waals surface area contributed by atoms with Gasteiger partial charge in [0.25, 0.3) is 5.91 Å². The van der Waals surface area contributed by atoms with Gasteiger partial charge in [-0.2, -0.15) is 5.26 Å². The van der Waals surface area contributed by atoms with E-state index in [0.717, 1.165) is 24.3 Å². The average molecular weight is 492 g/mol. The Morgan fingerprint density at radius 1 is 0.971 bits per heavy atom. The van der Waals surface area contributed by atoms with E-state index in [0.29, 0.717) is 34.4 Å². The van der Waals surface area contributed by atoms with Crippen LogP contribution in [0.4, 0.5) is 5.69 Å². The van der Waals surface area contributed by atoms with Crippen molar-refractivity contribution >= 4 is 40.9 Å². The van der Waals surface area contributed by atoms with Crippen LogP contribution < -0.4 is 9.64 Å². The minimum Gasteiger partial charge on any atom is -0.488 e. The Bertz CT molecular complexity index is 1230. The molecule has 7 heteroatoms. The van der Waals surface area contributed by atoms with E-state index < -0.39 is 0 Å². The van der Waals surface area contributed by atoms with Crippen LogP contribution in [0, 0.1) is 11.3 Å². The number of carbonyl (C=O) groups excluding carboxylic acids is 1. The predicted molar refractivity (Wildman–Crippen MR) is 136 cm³/mol. The second-order valence-corrected chi connectivity index (χ2v) is 8.69. The summed E-state index contributed by atoms with van der Waals surface area (Å²) in [4.78, 5) is 17.1. The second-order valence-electron chi connectivity index (χ2n) is 7.85. The molecule has 0 aromatic heterocycles. The van der Waals surface area contributed by atoms with E-state index >= 15 is 0 Å². The Kier molecular flexibility index (Phi) is 7.74. The third-order valence-electron chi connectivity index (χ3n) is 5.66. The first kappa shape index (κ1) is 23.7. The summed E-state index contributed by atoms with van der Waals surface area (Å²) in [6, 6.07) is 24.7. The van der Waals surface area contributed by atoms with E-state index in [1.807, 2.05) is 42.5 Å². The van der Waals surface area contributed by atoms with Crippen LogP contribution in [0.5, 0.6) is 5.75 Å². The smallest absolute Gasteiger partial charge is 0.264 e. The van der Waals surface area contributed by atoms with Gasteiger partial charge in [-0.15, -0.1) is 0 Å². The van der Waals surface area contributed by atoms with Crippen LogP contribution in [0.15, 0.2) is 78.4 Å². The van der Waals surface area contributed by atoms with Gasteiger partial charge in [-0.1, -0.05) is 65.7 Å². The lowest BCUT2D eigenvalue weighted by molar-refractivity contribution is -0.126. The highest BCUT2D eigenvalue weighted by Crippen LogP contribution is 2.26. The zero-order valence-electron chi connectivity index (χ0n) is 18.5. The summed E-state index contributed by atoms with van der Waals surface area (Å²) >= 11 is 12.2. The zero-order chi connectivity index (χ0) is 23.9. The van der Waals surface area contributed by atoms with Gasteiger partial charge in [0.1, 0.15) is 24.0 Å². The highest BCUT2D eigenvalue weighted by atomic mass is 35.5. The highest BCUT2D eigenvalue weighted by molar-refractivity contribution is 6.35. The van der Waals surface area contributed by atoms with Crippen LogP contribution in [-0.4, -0.2) is 37.0 Å². The molecule has 1 aliphatic rings. The number of anilines is 1. The van der Waals surface area contributed by atoms with Crippen LogP contribution in [0.25, 0.3) is 6.08 Å². The molecule has 5 nitrogen and oxygen atoms in total. The standard InChI is InChI=1S/C27H23Cl2N3O2/c28-23-11-10-21(25(29)17-23)19-34-26-9-5-4-6-20(26)16-22(18-30)27(33)32-14-12-31(13-15-32)24-7-2-1-3-8-24/h1-11,16-17H,12-15,19H2/b22-16-. The second kappa shape index (κ2) is 11.1. The van der Waals surface area contributed by atoms with Gasteiger partial charge in [0, 0.05) is 53.0 Å². The molecule has 4 rings (SSSR count). The molecule has 0 bridgehead atoms. The SMILES string of the molecule is N#C/C(=C/c1ccccc1OCc1ccc(Cl)cc1Cl)C(=O)N1CCN(c2ccccc2)CC1. The van der Waals surface area contributed by atoms with Crippen LogP contribution in [0.3, 0.4) is 0 Å². The molecule has 0 unspecified atom stereocenters. The van der Waals surface area contributed by atoms with Crippen LogP contribution >= 0.6 is 23.2 Å². The molecule has 34 heavy (non-hydrogen) atoms. The van der Waals surface area contributed by atoms with Gasteiger partial charge in [-0.3, -0.25) is 4.79 Å². The minimum atomic E-state index is -0.272. The molecule has 1 fully saturated rings. The summed E-state index contributed by atoms with van der Waals surface area (Å²) in [5.41, 5.74) is 2.66. The van der Waals surface area contributed by atoms with Crippen LogP contribution in [0.1, 0.15) is 11.1 Å². The fourth-order valence-corrected chi connectivity index (χ4v) is 4.26. The number of rotatable bonds is 6. The third-order valence-corrected chi connectivity index (χ3v) is 6.24. The maximum atomic E-state index is 13.1. The van der Waals surface area contributed by atoms with Crippen LogP contribution in [0.2, 0.25) is 10.0 Å². The Hall–Kier alpha value is -3.46. The van der Waals surface area contributed by atoms with Gasteiger partial charge >= 0.3 is 0 Å². The Balaban J connectivity index is 1.45. The lowest BCUT2D eigenvalue weighted by Crippen LogP contribution is -2.49. The summed E-state index contributed by atoms with van der Waals surface area (Å²) < 4.78 is 5.96. The van der Waals surface area contributed by atoms with E-state index in [9.17, 15) is 10.1 Å². The van der Waals surface area contributed by atoms with Gasteiger partial charge in [-0.25, -0.2) is 0 Å². The maximum absolute atomic E-state index is 13.1. The van der Waals surface area contributed by atoms with E-state index in [-0.39, 0.29) is 18.1 Å². The number of amides is 1. The molecule has 0 radical (unpaired) electrons. The number of piperazine rings is 1. The number of carbonyl (C=O) groups is 1. The largest absolute Gasteiger partial charge is 0.488 e. The van der Waals surface area contributed by atoms with Gasteiger partial charge in [0.15, 0.2) is 0 Å². The van der Waals surface area contributed by atoms with Gasteiger partial charge in [-0.05, 0) is 36.4 Å². The summed E-state index contributed by atoms with van der Waals surface area (Å²) in [7, 11) is 0. The van der Waals surface area contributed by atoms with Crippen molar-refractivity contribution in [3.05, 3.63) is 99.5 Å². The monoisotopic (exact) mass is 491 g/mol. The molecular formula is C27H23Cl2N3O2. The fourth-order valence-electron chi connectivity index (χ4n) is 3.80. The number of nitriles is 1. The summed E-state index contributed by atoms with van der Waals surface area (Å²) in [5.74, 6) is 0.286. The average Bonchev–Trinajstić information content (AvgIpc) is 2.87. The highest BCUT2D eigenvalue weighted by Gasteiger charge is 2.24. The molecule has 0 aliphatic carbocycles. The number of hydrogen-bond donors (Lipinski definition) is 0. The molecule has 172 valence electrons. The number of ether oxygens (including phenoxy) is 1. The molecule has 0 atom stereocenters. The summed E-state index contributed by atoms with van der Waals surface area (Å²) in [6.07, 6.45) is 1.59. The van der Waals surface area contributed by atoms with Crippen molar-refractivity contribution in [2.45, 2.75) is 6.61 Å². The molecular weight excluding hydrogens is 469 g/mol. The topological polar surface area (TPSA) is 56.6 Å². The van der Waals surface area contributed by atoms with Crippen molar-refractivity contribution in [2.24, 2.45) is 0 Å². The quantitative estimate of drug-likeness (QED) is 0.321. The first-order chi connectivity index (χ1) is 16.5. The minimum absolute atomic E-state index is 0.0775. The molecule has 1 aliphatic heterocycles. The van der Waals surface area contributed by atoms with Crippen molar-refractivity contribution in [2.75, 3.05) is 31.1 Å². The molecule has 1 heterocycles. The lowest BCUT2D eigenvalue weighted by Gasteiger charge is -2.36. The molecule has 1 saturated heterocycles. The van der Waals surface area contributed by atoms with E-state index in [1.165, 1.54) is 0 Å². The number of halogens is 2. The predicted octanol–water partition coefficient (Wildman–Crippen LogP) is 5.83. The van der Waals surface area contributed by atoms with Crippen LogP contribution in [-0.2, 0) is 11.4 Å². The van der Waals surface area contributed by atoms with Crippen molar-refractivity contribution in [1.29, 1.82) is 5.26 Å². The molecule has 1 amide bonds. The lowest BCUT2D eigenvalue weighted by atomic mass is 10.1. The van der Waals surface area contributed by atoms with Crippen molar-refractivity contribution in [3.8, 4) is 11.8 Å². The van der Waals surface area contributed by atoms with E-state index in [4.69, 9.17) is 27.9 Å². The number of benzene rings is 3. The van der Waals surface area contributed by atoms with E-state index in [2.05, 4.69) is 23.1 Å². The summed E-state index contributed by atoms with van der Waals surface area (Å²) in [6.45, 7) is 2.78. The Morgan fingerprint density at radius 3 is 2.38 bits per heavy atom. The number of hydrogen-bond acceptors (Lipinski definition) is 4. The maximum Gasteiger partial charge on any atom is 0.264 e. The first-order valence-electron chi connectivity index (χ1n) is 10.9. The zero-order valence-corrected chi connectivity index (χ0v) is 20.0. The Labute approximate surface area is 209 Å². The number of nitrogens with zero attached hydrogens (tertiary/aromatic N) is 3. The Morgan fingerprint density at radius 2 is 1.68 bits per heavy atom. The molecule has 0 spiro atoms. The van der Waals surface area contributed by atoms with Crippen molar-refractivity contribution < 1.29 is 9.53 Å². The molecule has 3 aromatic carbocycles. The van der Waals surface area contributed by atoms with E-state index in [1.54, 1.807) is 29.2 Å². The van der Waals surface area contributed by atoms with Crippen molar-refractivity contribution in [3.63, 3.8) is 0 Å². The van der Waals surface area contributed by atoms with Gasteiger partial charge in [0.2, 0.25) is 0 Å². The van der Waals surface area contributed by atoms with Gasteiger partial charge in [0.05, 0.1) is 0 Å².